The number of nitrogens with zero attached hydrogens (tertiary/aromatic N) is 4. The topological polar surface area (TPSA) is 47.1 Å². The average molecular weight is 332 g/mol. The first-order valence-electron chi connectivity index (χ1n) is 7.59. The Morgan fingerprint density at radius 3 is 2.88 bits per heavy atom. The highest BCUT2D eigenvalue weighted by Gasteiger charge is 2.16. The van der Waals surface area contributed by atoms with Crippen LogP contribution in [0.1, 0.15) is 11.5 Å². The smallest absolute Gasteiger partial charge is 0.229 e. The third-order valence-electron chi connectivity index (χ3n) is 3.77. The number of rotatable bonds is 6. The number of aryl methyl sites for hydroxylation is 1. The van der Waals surface area contributed by atoms with Crippen LogP contribution < -0.4 is 0 Å². The Labute approximate surface area is 138 Å². The van der Waals surface area contributed by atoms with Gasteiger partial charge in [0.15, 0.2) is 0 Å². The normalized spacial score (nSPS) is 11.4. The highest BCUT2D eigenvalue weighted by Crippen LogP contribution is 2.25. The molecule has 0 spiro atoms. The standard InChI is InChI=1S/C17H18F2N4O/c1-12-16(10-22(2)7-8-23-6-5-20-11-23)21-17(24-12)14-9-13(18)3-4-15(14)19/h3-6,9,11H,7-8,10H2,1-2H3. The fourth-order valence-corrected chi connectivity index (χ4v) is 2.39. The molecular formula is C17H18F2N4O. The van der Waals surface area contributed by atoms with Gasteiger partial charge in [-0.1, -0.05) is 0 Å². The third-order valence-corrected chi connectivity index (χ3v) is 3.77. The molecule has 7 heteroatoms. The van der Waals surface area contributed by atoms with Crippen LogP contribution in [0.4, 0.5) is 8.78 Å². The van der Waals surface area contributed by atoms with Crippen LogP contribution >= 0.6 is 0 Å². The maximum Gasteiger partial charge on any atom is 0.229 e. The van der Waals surface area contributed by atoms with Crippen molar-refractivity contribution in [3.8, 4) is 11.5 Å². The van der Waals surface area contributed by atoms with Crippen molar-refractivity contribution in [2.45, 2.75) is 20.0 Å². The number of halogens is 2. The first-order chi connectivity index (χ1) is 11.5. The molecule has 0 saturated heterocycles. The van der Waals surface area contributed by atoms with Gasteiger partial charge in [-0.15, -0.1) is 0 Å². The molecule has 0 saturated carbocycles. The largest absolute Gasteiger partial charge is 0.441 e. The highest BCUT2D eigenvalue weighted by molar-refractivity contribution is 5.54. The Hall–Kier alpha value is -2.54. The Morgan fingerprint density at radius 2 is 2.12 bits per heavy atom. The number of aromatic nitrogens is 3. The first-order valence-corrected chi connectivity index (χ1v) is 7.59. The van der Waals surface area contributed by atoms with E-state index in [2.05, 4.69) is 14.9 Å². The molecule has 3 aromatic rings. The fourth-order valence-electron chi connectivity index (χ4n) is 2.39. The summed E-state index contributed by atoms with van der Waals surface area (Å²) in [6.45, 7) is 3.93. The maximum absolute atomic E-state index is 13.9. The fraction of sp³-hybridized carbons (Fsp3) is 0.294. The van der Waals surface area contributed by atoms with Gasteiger partial charge in [0.1, 0.15) is 17.4 Å². The van der Waals surface area contributed by atoms with Gasteiger partial charge in [-0.05, 0) is 32.2 Å². The molecule has 0 bridgehead atoms. The van der Waals surface area contributed by atoms with Gasteiger partial charge in [0.2, 0.25) is 5.89 Å². The predicted molar refractivity (Wildman–Crippen MR) is 85.2 cm³/mol. The zero-order chi connectivity index (χ0) is 17.1. The number of likely N-dealkylation sites (N-methyl/N-ethyl adjacent to an activating group) is 1. The van der Waals surface area contributed by atoms with Gasteiger partial charge in [0.05, 0.1) is 17.6 Å². The molecule has 0 atom stereocenters. The Bertz CT molecular complexity index is 814. The summed E-state index contributed by atoms with van der Waals surface area (Å²) in [6.07, 6.45) is 5.40. The lowest BCUT2D eigenvalue weighted by molar-refractivity contribution is 0.306. The molecule has 0 aliphatic heterocycles. The molecule has 0 N–H and O–H groups in total. The van der Waals surface area contributed by atoms with E-state index in [1.54, 1.807) is 19.4 Å². The van der Waals surface area contributed by atoms with E-state index in [1.165, 1.54) is 0 Å². The molecule has 0 aliphatic rings. The molecule has 2 heterocycles. The second-order valence-electron chi connectivity index (χ2n) is 5.68. The Morgan fingerprint density at radius 1 is 1.29 bits per heavy atom. The molecule has 0 unspecified atom stereocenters. The number of hydrogen-bond donors (Lipinski definition) is 0. The van der Waals surface area contributed by atoms with E-state index in [9.17, 15) is 8.78 Å². The maximum atomic E-state index is 13.9. The van der Waals surface area contributed by atoms with E-state index < -0.39 is 11.6 Å². The Balaban J connectivity index is 1.70. The SMILES string of the molecule is Cc1oc(-c2cc(F)ccc2F)nc1CN(C)CCn1ccnc1. The molecule has 5 nitrogen and oxygen atoms in total. The van der Waals surface area contributed by atoms with E-state index in [-0.39, 0.29) is 11.5 Å². The van der Waals surface area contributed by atoms with Crippen LogP contribution in [-0.4, -0.2) is 33.0 Å². The zero-order valence-corrected chi connectivity index (χ0v) is 13.5. The molecule has 24 heavy (non-hydrogen) atoms. The molecule has 1 aromatic carbocycles. The minimum Gasteiger partial charge on any atom is -0.441 e. The molecule has 3 rings (SSSR count). The summed E-state index contributed by atoms with van der Waals surface area (Å²) in [5.74, 6) is -0.385. The van der Waals surface area contributed by atoms with Crippen LogP contribution in [-0.2, 0) is 13.1 Å². The van der Waals surface area contributed by atoms with Gasteiger partial charge in [-0.2, -0.15) is 0 Å². The summed E-state index contributed by atoms with van der Waals surface area (Å²) in [6, 6.07) is 3.23. The lowest BCUT2D eigenvalue weighted by Crippen LogP contribution is -2.23. The number of hydrogen-bond acceptors (Lipinski definition) is 4. The van der Waals surface area contributed by atoms with Gasteiger partial charge in [-0.3, -0.25) is 4.90 Å². The van der Waals surface area contributed by atoms with Crippen LogP contribution in [0.2, 0.25) is 0 Å². The summed E-state index contributed by atoms with van der Waals surface area (Å²) in [5.41, 5.74) is 0.743. The van der Waals surface area contributed by atoms with E-state index in [0.29, 0.717) is 18.0 Å². The summed E-state index contributed by atoms with van der Waals surface area (Å²) in [4.78, 5) is 10.4. The molecule has 2 aromatic heterocycles. The van der Waals surface area contributed by atoms with Crippen molar-refractivity contribution in [2.24, 2.45) is 0 Å². The second-order valence-corrected chi connectivity index (χ2v) is 5.68. The Kier molecular flexibility index (Phi) is 4.71. The first kappa shape index (κ1) is 16.3. The van der Waals surface area contributed by atoms with E-state index in [4.69, 9.17) is 4.42 Å². The summed E-state index contributed by atoms with van der Waals surface area (Å²) < 4.78 is 34.7. The minimum atomic E-state index is -0.558. The van der Waals surface area contributed by atoms with Gasteiger partial charge in [0, 0.05) is 32.0 Å². The van der Waals surface area contributed by atoms with Crippen LogP contribution in [0.5, 0.6) is 0 Å². The molecule has 126 valence electrons. The molecule has 0 aliphatic carbocycles. The van der Waals surface area contributed by atoms with Crippen molar-refractivity contribution in [1.82, 2.24) is 19.4 Å². The molecule has 0 radical (unpaired) electrons. The zero-order valence-electron chi connectivity index (χ0n) is 13.5. The van der Waals surface area contributed by atoms with Gasteiger partial charge < -0.3 is 8.98 Å². The molecule has 0 fully saturated rings. The summed E-state index contributed by atoms with van der Waals surface area (Å²) in [5, 5.41) is 0. The van der Waals surface area contributed by atoms with Gasteiger partial charge in [0.25, 0.3) is 0 Å². The average Bonchev–Trinajstić information content (AvgIpc) is 3.18. The molecule has 0 amide bonds. The lowest BCUT2D eigenvalue weighted by Gasteiger charge is -2.15. The number of imidazole rings is 1. The van der Waals surface area contributed by atoms with E-state index in [1.807, 2.05) is 17.8 Å². The van der Waals surface area contributed by atoms with Crippen LogP contribution in [0.25, 0.3) is 11.5 Å². The summed E-state index contributed by atoms with van der Waals surface area (Å²) >= 11 is 0. The highest BCUT2D eigenvalue weighted by atomic mass is 19.1. The van der Waals surface area contributed by atoms with Crippen molar-refractivity contribution < 1.29 is 13.2 Å². The monoisotopic (exact) mass is 332 g/mol. The third kappa shape index (κ3) is 3.68. The van der Waals surface area contributed by atoms with Crippen LogP contribution in [0, 0.1) is 18.6 Å². The lowest BCUT2D eigenvalue weighted by atomic mass is 10.2. The quantitative estimate of drug-likeness (QED) is 0.695. The number of oxazole rings is 1. The summed E-state index contributed by atoms with van der Waals surface area (Å²) in [7, 11) is 1.97. The van der Waals surface area contributed by atoms with E-state index in [0.717, 1.165) is 31.3 Å². The van der Waals surface area contributed by atoms with Crippen molar-refractivity contribution >= 4 is 0 Å². The van der Waals surface area contributed by atoms with Gasteiger partial charge >= 0.3 is 0 Å². The van der Waals surface area contributed by atoms with Crippen molar-refractivity contribution in [3.05, 3.63) is 60.0 Å². The minimum absolute atomic E-state index is 0.0328. The number of benzene rings is 1. The predicted octanol–water partition coefficient (Wildman–Crippen LogP) is 3.26. The van der Waals surface area contributed by atoms with Crippen molar-refractivity contribution in [2.75, 3.05) is 13.6 Å². The van der Waals surface area contributed by atoms with Crippen molar-refractivity contribution in [3.63, 3.8) is 0 Å². The van der Waals surface area contributed by atoms with Gasteiger partial charge in [-0.25, -0.2) is 18.7 Å². The van der Waals surface area contributed by atoms with E-state index >= 15 is 0 Å². The molecular weight excluding hydrogens is 314 g/mol. The van der Waals surface area contributed by atoms with Crippen LogP contribution in [0.15, 0.2) is 41.3 Å². The second kappa shape index (κ2) is 6.92. The van der Waals surface area contributed by atoms with Crippen molar-refractivity contribution in [1.29, 1.82) is 0 Å². The van der Waals surface area contributed by atoms with Crippen LogP contribution in [0.3, 0.4) is 0 Å².